The largest absolute Gasteiger partial charge is 0.503 e. The van der Waals surface area contributed by atoms with Crippen molar-refractivity contribution in [1.82, 2.24) is 28.5 Å². The number of carbonyl (C=O) groups excluding carboxylic acids is 2. The average molecular weight is 860 g/mol. The summed E-state index contributed by atoms with van der Waals surface area (Å²) in [4.78, 5) is 77.5. The first-order chi connectivity index (χ1) is 29.8. The van der Waals surface area contributed by atoms with Crippen LogP contribution in [0.5, 0.6) is 23.0 Å². The van der Waals surface area contributed by atoms with Crippen molar-refractivity contribution in [2.45, 2.75) is 50.2 Å². The maximum Gasteiger partial charge on any atom is 0.347 e. The van der Waals surface area contributed by atoms with Crippen LogP contribution < -0.4 is 36.6 Å². The number of nitrogens with zero attached hydrogens (tertiary/aromatic N) is 6. The van der Waals surface area contributed by atoms with E-state index < -0.39 is 52.0 Å². The minimum absolute atomic E-state index is 0.0295. The fourth-order valence-electron chi connectivity index (χ4n) is 9.63. The number of methoxy groups -OCH3 is 3. The number of imide groups is 1. The molecule has 2 amide bonds. The minimum Gasteiger partial charge on any atom is -0.503 e. The van der Waals surface area contributed by atoms with Gasteiger partial charge in [0.2, 0.25) is 0 Å². The number of aromatic nitrogens is 5. The first kappa shape index (κ1) is 40.3. The molecule has 0 radical (unpaired) electrons. The Morgan fingerprint density at radius 3 is 2.27 bits per heavy atom. The number of allylic oxidation sites excluding steroid dienone is 2. The molecule has 2 fully saturated rings. The number of aromatic hydroxyl groups is 1. The zero-order valence-electron chi connectivity index (χ0n) is 34.4. The maximum absolute atomic E-state index is 15.4. The third kappa shape index (κ3) is 5.95. The van der Waals surface area contributed by atoms with Gasteiger partial charge in [-0.15, -0.1) is 0 Å². The summed E-state index contributed by atoms with van der Waals surface area (Å²) in [5.74, 6) is -2.50. The van der Waals surface area contributed by atoms with Crippen LogP contribution in [-0.2, 0) is 41.6 Å². The number of hydrogen-bond donors (Lipinski definition) is 2. The van der Waals surface area contributed by atoms with Gasteiger partial charge in [-0.3, -0.25) is 19.8 Å². The molecular formula is C45H42ClN7O9. The van der Waals surface area contributed by atoms with E-state index in [1.54, 1.807) is 67.7 Å². The van der Waals surface area contributed by atoms with E-state index in [1.165, 1.54) is 35.3 Å². The molecule has 1 aliphatic carbocycles. The molecule has 2 aromatic heterocycles. The Kier molecular flexibility index (Phi) is 9.84. The quantitative estimate of drug-likeness (QED) is 0.145. The Balaban J connectivity index is 1.18. The molecule has 62 heavy (non-hydrogen) atoms. The zero-order valence-corrected chi connectivity index (χ0v) is 35.2. The van der Waals surface area contributed by atoms with Crippen LogP contribution in [0.25, 0.3) is 11.0 Å². The number of phenols is 1. The lowest BCUT2D eigenvalue weighted by molar-refractivity contribution is -0.138. The van der Waals surface area contributed by atoms with Gasteiger partial charge in [0.25, 0.3) is 17.4 Å². The molecule has 2 aliphatic heterocycles. The van der Waals surface area contributed by atoms with Crippen LogP contribution in [0.1, 0.15) is 40.8 Å². The molecule has 6 aromatic rings. The van der Waals surface area contributed by atoms with Crippen molar-refractivity contribution >= 4 is 40.1 Å². The highest BCUT2D eigenvalue weighted by atomic mass is 35.5. The number of rotatable bonds is 10. The molecule has 9 rings (SSSR count). The molecule has 2 N–H and O–H groups in total. The number of carbonyl (C=O) groups is 2. The highest BCUT2D eigenvalue weighted by molar-refractivity contribution is 6.32. The number of nitrogens with one attached hydrogen (secondary N) is 1. The Hall–Kier alpha value is -7.07. The van der Waals surface area contributed by atoms with Gasteiger partial charge in [0, 0.05) is 38.1 Å². The zero-order chi connectivity index (χ0) is 43.8. The summed E-state index contributed by atoms with van der Waals surface area (Å²) < 4.78 is 21.6. The molecule has 1 saturated carbocycles. The topological polar surface area (TPSA) is 181 Å². The van der Waals surface area contributed by atoms with Crippen LogP contribution in [0.3, 0.4) is 0 Å². The van der Waals surface area contributed by atoms with E-state index in [1.807, 2.05) is 31.2 Å². The first-order valence-corrected chi connectivity index (χ1v) is 20.3. The van der Waals surface area contributed by atoms with Crippen LogP contribution in [0.15, 0.2) is 105 Å². The fraction of sp³-hybridized carbons (Fsp3) is 0.289. The van der Waals surface area contributed by atoms with E-state index in [0.717, 1.165) is 15.1 Å². The third-order valence-electron chi connectivity index (χ3n) is 12.6. The SMILES string of the molecule is COc1cc2nc(CCn3c(=O)n4n(c3=O)[C@@H]3C[C@H]5C(=O)N(Nc6ccc(C)cc6)C(=O)[C@@]5(c5ccccc5)[C@@H](c5cc(Cl)c(O)c(OC)c5)C3=CC4)c(=O)n(C)c2cc1OC. The standard InChI is InChI=1S/C45H42ClN7O9/c1-24-11-13-27(14-12-24)48-52-40(55)29-21-33-28(38(25-19-30(46)39(54)37(20-25)62-5)45(29,42(52)57)26-9-7-6-8-10-26)15-18-51-43(58)50(44(59)53(33)51)17-16-31-41(56)49(2)34-23-36(61-4)35(60-3)22-32(34)47-31/h6-15,19-20,22-23,29,33,38,48,54H,16-18,21H2,1-5H3/t29-,33+,38-,45+/m0/s1. The van der Waals surface area contributed by atoms with Crippen molar-refractivity contribution in [3.05, 3.63) is 149 Å². The van der Waals surface area contributed by atoms with E-state index in [2.05, 4.69) is 10.4 Å². The van der Waals surface area contributed by atoms with Gasteiger partial charge in [-0.05, 0) is 54.3 Å². The second-order valence-corrected chi connectivity index (χ2v) is 16.1. The number of benzene rings is 4. The number of hydrazine groups is 1. The van der Waals surface area contributed by atoms with Crippen molar-refractivity contribution in [2.24, 2.45) is 13.0 Å². The van der Waals surface area contributed by atoms with Crippen LogP contribution in [0.4, 0.5) is 5.69 Å². The summed E-state index contributed by atoms with van der Waals surface area (Å²) in [6.07, 6.45) is 1.74. The highest BCUT2D eigenvalue weighted by Crippen LogP contribution is 2.62. The molecular weight excluding hydrogens is 818 g/mol. The number of phenolic OH excluding ortho intramolecular Hbond substituents is 1. The second kappa shape index (κ2) is 15.1. The molecule has 4 heterocycles. The molecule has 16 nitrogen and oxygen atoms in total. The summed E-state index contributed by atoms with van der Waals surface area (Å²) in [5, 5.41) is 11.9. The minimum atomic E-state index is -1.59. The van der Waals surface area contributed by atoms with Crippen LogP contribution >= 0.6 is 11.6 Å². The molecule has 0 spiro atoms. The lowest BCUT2D eigenvalue weighted by Crippen LogP contribution is -2.53. The van der Waals surface area contributed by atoms with Crippen LogP contribution in [0, 0.1) is 12.8 Å². The van der Waals surface area contributed by atoms with Gasteiger partial charge >= 0.3 is 11.4 Å². The predicted molar refractivity (Wildman–Crippen MR) is 229 cm³/mol. The Bertz CT molecular complexity index is 3040. The molecule has 4 aromatic carbocycles. The molecule has 0 bridgehead atoms. The van der Waals surface area contributed by atoms with Crippen molar-refractivity contribution in [1.29, 1.82) is 0 Å². The third-order valence-corrected chi connectivity index (χ3v) is 12.8. The second-order valence-electron chi connectivity index (χ2n) is 15.7. The number of amides is 2. The van der Waals surface area contributed by atoms with Gasteiger partial charge in [0.15, 0.2) is 23.0 Å². The molecule has 0 unspecified atom stereocenters. The number of halogens is 1. The summed E-state index contributed by atoms with van der Waals surface area (Å²) in [7, 11) is 5.97. The smallest absolute Gasteiger partial charge is 0.347 e. The summed E-state index contributed by atoms with van der Waals surface area (Å²) in [6.45, 7) is 1.70. The maximum atomic E-state index is 15.4. The van der Waals surface area contributed by atoms with E-state index in [4.69, 9.17) is 25.8 Å². The normalized spacial score (nSPS) is 20.4. The number of anilines is 1. The Morgan fingerprint density at radius 1 is 0.887 bits per heavy atom. The summed E-state index contributed by atoms with van der Waals surface area (Å²) >= 11 is 6.67. The number of aryl methyl sites for hydroxylation is 3. The van der Waals surface area contributed by atoms with Gasteiger partial charge in [-0.25, -0.2) is 28.5 Å². The van der Waals surface area contributed by atoms with Crippen molar-refractivity contribution in [3.8, 4) is 23.0 Å². The van der Waals surface area contributed by atoms with Crippen LogP contribution in [-0.4, -0.2) is 66.7 Å². The van der Waals surface area contributed by atoms with E-state index in [0.29, 0.717) is 44.9 Å². The van der Waals surface area contributed by atoms with Crippen LogP contribution in [0.2, 0.25) is 5.02 Å². The molecule has 318 valence electrons. The number of hydrogen-bond acceptors (Lipinski definition) is 11. The summed E-state index contributed by atoms with van der Waals surface area (Å²) in [6, 6.07) is 21.8. The molecule has 3 aliphatic rings. The van der Waals surface area contributed by atoms with Crippen molar-refractivity contribution in [2.75, 3.05) is 26.8 Å². The predicted octanol–water partition coefficient (Wildman–Crippen LogP) is 4.61. The average Bonchev–Trinajstić information content (AvgIpc) is 3.65. The van der Waals surface area contributed by atoms with Crippen molar-refractivity contribution < 1.29 is 28.9 Å². The van der Waals surface area contributed by atoms with E-state index in [-0.39, 0.29) is 48.1 Å². The van der Waals surface area contributed by atoms with E-state index in [9.17, 15) is 24.3 Å². The van der Waals surface area contributed by atoms with Gasteiger partial charge in [0.05, 0.1) is 67.0 Å². The van der Waals surface area contributed by atoms with Gasteiger partial charge in [-0.1, -0.05) is 65.7 Å². The highest BCUT2D eigenvalue weighted by Gasteiger charge is 2.69. The number of ether oxygens (including phenoxy) is 3. The monoisotopic (exact) mass is 859 g/mol. The number of fused-ring (bicyclic) bond motifs is 5. The lowest BCUT2D eigenvalue weighted by atomic mass is 9.53. The Labute approximate surface area is 358 Å². The fourth-order valence-corrected chi connectivity index (χ4v) is 9.85. The lowest BCUT2D eigenvalue weighted by Gasteiger charge is -2.49. The van der Waals surface area contributed by atoms with Gasteiger partial charge in [0.1, 0.15) is 5.69 Å². The van der Waals surface area contributed by atoms with Crippen molar-refractivity contribution in [3.63, 3.8) is 0 Å². The summed E-state index contributed by atoms with van der Waals surface area (Å²) in [5.41, 5.74) is 3.99. The first-order valence-electron chi connectivity index (χ1n) is 19.9. The van der Waals surface area contributed by atoms with E-state index >= 15 is 4.79 Å². The Morgan fingerprint density at radius 2 is 1.58 bits per heavy atom. The molecule has 17 heteroatoms. The molecule has 4 atom stereocenters. The molecule has 1 saturated heterocycles. The van der Waals surface area contributed by atoms with Gasteiger partial charge in [-0.2, -0.15) is 5.01 Å². The van der Waals surface area contributed by atoms with Gasteiger partial charge < -0.3 is 23.9 Å².